The molecule has 1 aromatic heterocycles. The van der Waals surface area contributed by atoms with E-state index < -0.39 is 0 Å². The minimum absolute atomic E-state index is 0.844. The van der Waals surface area contributed by atoms with Gasteiger partial charge >= 0.3 is 0 Å². The summed E-state index contributed by atoms with van der Waals surface area (Å²) in [6, 6.07) is 12.1. The van der Waals surface area contributed by atoms with Gasteiger partial charge in [0.15, 0.2) is 0 Å². The molecule has 0 bridgehead atoms. The van der Waals surface area contributed by atoms with Crippen molar-refractivity contribution in [2.75, 3.05) is 14.2 Å². The van der Waals surface area contributed by atoms with E-state index in [0.717, 1.165) is 29.2 Å². The van der Waals surface area contributed by atoms with Crippen molar-refractivity contribution in [3.8, 4) is 17.0 Å². The van der Waals surface area contributed by atoms with Gasteiger partial charge < -0.3 is 10.1 Å². The van der Waals surface area contributed by atoms with Crippen LogP contribution in [0, 0.1) is 6.92 Å². The van der Waals surface area contributed by atoms with E-state index in [4.69, 9.17) is 4.74 Å². The fourth-order valence-electron chi connectivity index (χ4n) is 1.91. The van der Waals surface area contributed by atoms with Crippen molar-refractivity contribution in [3.63, 3.8) is 0 Å². The lowest BCUT2D eigenvalue weighted by molar-refractivity contribution is 0.415. The Balaban J connectivity index is 2.35. The number of methoxy groups -OCH3 is 1. The van der Waals surface area contributed by atoms with E-state index in [9.17, 15) is 0 Å². The average molecular weight is 242 g/mol. The minimum atomic E-state index is 0.844. The molecule has 2 rings (SSSR count). The molecule has 1 heterocycles. The van der Waals surface area contributed by atoms with Crippen LogP contribution in [-0.2, 0) is 6.54 Å². The maximum Gasteiger partial charge on any atom is 0.119 e. The molecule has 1 aromatic carbocycles. The third kappa shape index (κ3) is 2.68. The Hall–Kier alpha value is -1.87. The topological polar surface area (TPSA) is 34.1 Å². The van der Waals surface area contributed by atoms with Gasteiger partial charge in [0.2, 0.25) is 0 Å². The Morgan fingerprint density at radius 3 is 2.72 bits per heavy atom. The highest BCUT2D eigenvalue weighted by Crippen LogP contribution is 2.23. The first-order valence-electron chi connectivity index (χ1n) is 6.00. The number of aromatic nitrogens is 1. The van der Waals surface area contributed by atoms with E-state index in [0.29, 0.717) is 0 Å². The second-order valence-corrected chi connectivity index (χ2v) is 4.20. The summed E-state index contributed by atoms with van der Waals surface area (Å²) < 4.78 is 5.23. The van der Waals surface area contributed by atoms with Crippen molar-refractivity contribution in [1.29, 1.82) is 0 Å². The van der Waals surface area contributed by atoms with Gasteiger partial charge in [-0.15, -0.1) is 0 Å². The first-order valence-corrected chi connectivity index (χ1v) is 6.00. The van der Waals surface area contributed by atoms with Gasteiger partial charge in [-0.25, -0.2) is 0 Å². The van der Waals surface area contributed by atoms with Crippen molar-refractivity contribution in [2.45, 2.75) is 13.5 Å². The van der Waals surface area contributed by atoms with Crippen LogP contribution in [0.1, 0.15) is 11.3 Å². The lowest BCUT2D eigenvalue weighted by Crippen LogP contribution is -2.07. The number of benzene rings is 1. The van der Waals surface area contributed by atoms with Crippen molar-refractivity contribution in [3.05, 3.63) is 47.7 Å². The Labute approximate surface area is 108 Å². The first-order chi connectivity index (χ1) is 8.74. The fraction of sp³-hybridized carbons (Fsp3) is 0.267. The van der Waals surface area contributed by atoms with Gasteiger partial charge in [-0.2, -0.15) is 0 Å². The summed E-state index contributed by atoms with van der Waals surface area (Å²) in [4.78, 5) is 4.64. The van der Waals surface area contributed by atoms with Crippen LogP contribution in [-0.4, -0.2) is 19.1 Å². The van der Waals surface area contributed by atoms with Crippen LogP contribution in [0.5, 0.6) is 5.75 Å². The molecule has 94 valence electrons. The maximum atomic E-state index is 5.23. The monoisotopic (exact) mass is 242 g/mol. The fourth-order valence-corrected chi connectivity index (χ4v) is 1.91. The summed E-state index contributed by atoms with van der Waals surface area (Å²) in [6.45, 7) is 2.88. The molecule has 0 saturated heterocycles. The molecular formula is C15H18N2O. The lowest BCUT2D eigenvalue weighted by Gasteiger charge is -2.08. The summed E-state index contributed by atoms with van der Waals surface area (Å²) in [6.07, 6.45) is 0. The normalized spacial score (nSPS) is 10.4. The zero-order chi connectivity index (χ0) is 13.0. The molecule has 0 atom stereocenters. The quantitative estimate of drug-likeness (QED) is 0.895. The molecule has 2 aromatic rings. The minimum Gasteiger partial charge on any atom is -0.497 e. The SMILES string of the molecule is CNCc1ccc(-c2cccc(OC)c2)nc1C. The molecule has 0 spiro atoms. The number of aryl methyl sites for hydroxylation is 1. The van der Waals surface area contributed by atoms with Crippen LogP contribution in [0.15, 0.2) is 36.4 Å². The molecule has 1 N–H and O–H groups in total. The van der Waals surface area contributed by atoms with E-state index in [1.165, 1.54) is 5.56 Å². The predicted octanol–water partition coefficient (Wildman–Crippen LogP) is 2.79. The molecule has 0 radical (unpaired) electrons. The molecule has 0 saturated carbocycles. The predicted molar refractivity (Wildman–Crippen MR) is 73.7 cm³/mol. The molecule has 0 aliphatic rings. The molecule has 0 amide bonds. The van der Waals surface area contributed by atoms with Gasteiger partial charge in [0.05, 0.1) is 12.8 Å². The summed E-state index contributed by atoms with van der Waals surface area (Å²) in [7, 11) is 3.61. The van der Waals surface area contributed by atoms with E-state index in [-0.39, 0.29) is 0 Å². The molecule has 0 aliphatic carbocycles. The van der Waals surface area contributed by atoms with Crippen LogP contribution in [0.2, 0.25) is 0 Å². The largest absolute Gasteiger partial charge is 0.497 e. The van der Waals surface area contributed by atoms with Gasteiger partial charge in [0, 0.05) is 17.8 Å². The van der Waals surface area contributed by atoms with Crippen molar-refractivity contribution >= 4 is 0 Å². The number of rotatable bonds is 4. The van der Waals surface area contributed by atoms with Gasteiger partial charge in [0.1, 0.15) is 5.75 Å². The number of hydrogen-bond acceptors (Lipinski definition) is 3. The van der Waals surface area contributed by atoms with Gasteiger partial charge in [0.25, 0.3) is 0 Å². The van der Waals surface area contributed by atoms with Crippen LogP contribution in [0.25, 0.3) is 11.3 Å². The Morgan fingerprint density at radius 1 is 1.22 bits per heavy atom. The molecule has 0 fully saturated rings. The van der Waals surface area contributed by atoms with Crippen molar-refractivity contribution < 1.29 is 4.74 Å². The van der Waals surface area contributed by atoms with Crippen LogP contribution < -0.4 is 10.1 Å². The van der Waals surface area contributed by atoms with Crippen LogP contribution >= 0.6 is 0 Å². The Kier molecular flexibility index (Phi) is 3.95. The summed E-state index contributed by atoms with van der Waals surface area (Å²) >= 11 is 0. The Bertz CT molecular complexity index is 538. The summed E-state index contributed by atoms with van der Waals surface area (Å²) in [5.74, 6) is 0.853. The average Bonchev–Trinajstić information content (AvgIpc) is 2.41. The highest BCUT2D eigenvalue weighted by Gasteiger charge is 2.04. The smallest absolute Gasteiger partial charge is 0.119 e. The van der Waals surface area contributed by atoms with Gasteiger partial charge in [-0.05, 0) is 37.7 Å². The van der Waals surface area contributed by atoms with Crippen molar-refractivity contribution in [1.82, 2.24) is 10.3 Å². The molecular weight excluding hydrogens is 224 g/mol. The molecule has 18 heavy (non-hydrogen) atoms. The van der Waals surface area contributed by atoms with Gasteiger partial charge in [-0.3, -0.25) is 4.98 Å². The maximum absolute atomic E-state index is 5.23. The van der Waals surface area contributed by atoms with E-state index in [1.54, 1.807) is 7.11 Å². The summed E-state index contributed by atoms with van der Waals surface area (Å²) in [5.41, 5.74) is 4.34. The standard InChI is InChI=1S/C15H18N2O/c1-11-13(10-16-2)7-8-15(17-11)12-5-4-6-14(9-12)18-3/h4-9,16H,10H2,1-3H3. The van der Waals surface area contributed by atoms with E-state index in [2.05, 4.69) is 22.4 Å². The van der Waals surface area contributed by atoms with E-state index >= 15 is 0 Å². The lowest BCUT2D eigenvalue weighted by atomic mass is 10.1. The first kappa shape index (κ1) is 12.6. The van der Waals surface area contributed by atoms with Crippen LogP contribution in [0.4, 0.5) is 0 Å². The third-order valence-electron chi connectivity index (χ3n) is 2.93. The number of nitrogens with one attached hydrogen (secondary N) is 1. The number of hydrogen-bond donors (Lipinski definition) is 1. The zero-order valence-corrected chi connectivity index (χ0v) is 11.0. The third-order valence-corrected chi connectivity index (χ3v) is 2.93. The second kappa shape index (κ2) is 5.65. The summed E-state index contributed by atoms with van der Waals surface area (Å²) in [5, 5.41) is 3.14. The second-order valence-electron chi connectivity index (χ2n) is 4.20. The Morgan fingerprint density at radius 2 is 2.06 bits per heavy atom. The molecule has 3 nitrogen and oxygen atoms in total. The molecule has 0 aliphatic heterocycles. The highest BCUT2D eigenvalue weighted by atomic mass is 16.5. The number of ether oxygens (including phenoxy) is 1. The van der Waals surface area contributed by atoms with Gasteiger partial charge in [-0.1, -0.05) is 18.2 Å². The van der Waals surface area contributed by atoms with E-state index in [1.807, 2.05) is 38.2 Å². The number of nitrogens with zero attached hydrogens (tertiary/aromatic N) is 1. The highest BCUT2D eigenvalue weighted by molar-refractivity contribution is 5.61. The van der Waals surface area contributed by atoms with Crippen molar-refractivity contribution in [2.24, 2.45) is 0 Å². The zero-order valence-electron chi connectivity index (χ0n) is 11.0. The number of pyridine rings is 1. The molecule has 3 heteroatoms. The molecule has 0 unspecified atom stereocenters. The van der Waals surface area contributed by atoms with Crippen LogP contribution in [0.3, 0.4) is 0 Å².